The van der Waals surface area contributed by atoms with Crippen LogP contribution in [0.5, 0.6) is 0 Å². The fraction of sp³-hybridized carbons (Fsp3) is 0.400. The predicted molar refractivity (Wildman–Crippen MR) is 60.1 cm³/mol. The van der Waals surface area contributed by atoms with Crippen LogP contribution < -0.4 is 0 Å². The number of hydrogen-bond donors (Lipinski definition) is 1. The molecule has 0 amide bonds. The van der Waals surface area contributed by atoms with Crippen LogP contribution in [0.3, 0.4) is 0 Å². The topological polar surface area (TPSA) is 20.2 Å². The van der Waals surface area contributed by atoms with Crippen molar-refractivity contribution in [1.82, 2.24) is 0 Å². The first-order valence-electron chi connectivity index (χ1n) is 4.03. The molecule has 0 unspecified atom stereocenters. The smallest absolute Gasteiger partial charge is 0.0540 e. The van der Waals surface area contributed by atoms with Crippen LogP contribution in [0.4, 0.5) is 0 Å². The average molecular weight is 212 g/mol. The molecule has 0 spiro atoms. The Labute approximate surface area is 87.2 Å². The lowest BCUT2D eigenvalue weighted by Gasteiger charge is -1.92. The van der Waals surface area contributed by atoms with Gasteiger partial charge in [0.15, 0.2) is 0 Å². The van der Waals surface area contributed by atoms with Crippen LogP contribution in [0.25, 0.3) is 0 Å². The minimum absolute atomic E-state index is 0.148. The molecule has 1 heterocycles. The van der Waals surface area contributed by atoms with Crippen molar-refractivity contribution in [3.8, 4) is 11.8 Å². The van der Waals surface area contributed by atoms with Crippen molar-refractivity contribution >= 4 is 23.1 Å². The molecule has 0 aliphatic carbocycles. The molecule has 0 aliphatic heterocycles. The van der Waals surface area contributed by atoms with E-state index in [9.17, 15) is 0 Å². The van der Waals surface area contributed by atoms with E-state index >= 15 is 0 Å². The summed E-state index contributed by atoms with van der Waals surface area (Å²) in [6, 6.07) is 2.04. The fourth-order valence-corrected chi connectivity index (χ4v) is 2.57. The molecule has 0 bridgehead atoms. The molecule has 0 aromatic carbocycles. The van der Waals surface area contributed by atoms with E-state index in [4.69, 9.17) is 5.11 Å². The number of thiophene rings is 1. The zero-order valence-corrected chi connectivity index (χ0v) is 9.17. The first kappa shape index (κ1) is 10.6. The Hall–Kier alpha value is -0.430. The molecule has 1 aromatic heterocycles. The van der Waals surface area contributed by atoms with Gasteiger partial charge in [0.2, 0.25) is 0 Å². The summed E-state index contributed by atoms with van der Waals surface area (Å²) in [7, 11) is 0. The van der Waals surface area contributed by atoms with Gasteiger partial charge in [-0.05, 0) is 17.7 Å². The Balaban J connectivity index is 2.66. The van der Waals surface area contributed by atoms with Crippen molar-refractivity contribution in [3.05, 3.63) is 21.9 Å². The zero-order valence-electron chi connectivity index (χ0n) is 7.54. The number of rotatable bonds is 3. The highest BCUT2D eigenvalue weighted by Crippen LogP contribution is 2.20. The molecular formula is C10H12OS2. The Bertz CT molecular complexity index is 306. The summed E-state index contributed by atoms with van der Waals surface area (Å²) < 4.78 is 0. The third-order valence-electron chi connectivity index (χ3n) is 1.48. The van der Waals surface area contributed by atoms with Gasteiger partial charge in [0, 0.05) is 22.6 Å². The monoisotopic (exact) mass is 212 g/mol. The highest BCUT2D eigenvalue weighted by molar-refractivity contribution is 7.97. The average Bonchev–Trinajstić information content (AvgIpc) is 2.54. The SMILES string of the molecule is CSCc1sccc1C#CCCO. The zero-order chi connectivity index (χ0) is 9.52. The largest absolute Gasteiger partial charge is 0.395 e. The fourth-order valence-electron chi connectivity index (χ4n) is 0.908. The Morgan fingerprint density at radius 3 is 3.15 bits per heavy atom. The summed E-state index contributed by atoms with van der Waals surface area (Å²) >= 11 is 3.55. The summed E-state index contributed by atoms with van der Waals surface area (Å²) in [6.45, 7) is 0.148. The maximum Gasteiger partial charge on any atom is 0.0540 e. The van der Waals surface area contributed by atoms with Gasteiger partial charge in [0.1, 0.15) is 0 Å². The predicted octanol–water partition coefficient (Wildman–Crippen LogP) is 2.35. The first-order valence-corrected chi connectivity index (χ1v) is 6.31. The van der Waals surface area contributed by atoms with E-state index < -0.39 is 0 Å². The van der Waals surface area contributed by atoms with Crippen LogP contribution in [0.2, 0.25) is 0 Å². The van der Waals surface area contributed by atoms with E-state index in [1.54, 1.807) is 23.1 Å². The van der Waals surface area contributed by atoms with Crippen LogP contribution in [0.1, 0.15) is 16.9 Å². The van der Waals surface area contributed by atoms with E-state index in [0.29, 0.717) is 6.42 Å². The first-order chi connectivity index (χ1) is 6.38. The molecule has 0 fully saturated rings. The van der Waals surface area contributed by atoms with Crippen LogP contribution in [-0.4, -0.2) is 18.0 Å². The van der Waals surface area contributed by atoms with Gasteiger partial charge in [0.05, 0.1) is 6.61 Å². The second-order valence-corrected chi connectivity index (χ2v) is 4.33. The third kappa shape index (κ3) is 3.43. The Kier molecular flexibility index (Phi) is 4.99. The molecule has 0 aliphatic rings. The van der Waals surface area contributed by atoms with E-state index in [-0.39, 0.29) is 6.61 Å². The summed E-state index contributed by atoms with van der Waals surface area (Å²) in [5.41, 5.74) is 1.12. The normalized spacial score (nSPS) is 9.38. The van der Waals surface area contributed by atoms with Crippen molar-refractivity contribution in [2.24, 2.45) is 0 Å². The molecule has 1 nitrogen and oxygen atoms in total. The quantitative estimate of drug-likeness (QED) is 0.776. The molecule has 1 aromatic rings. The van der Waals surface area contributed by atoms with Crippen LogP contribution in [0.15, 0.2) is 11.4 Å². The molecule has 1 rings (SSSR count). The lowest BCUT2D eigenvalue weighted by Crippen LogP contribution is -1.80. The maximum atomic E-state index is 8.56. The molecule has 0 saturated heterocycles. The van der Waals surface area contributed by atoms with Crippen molar-refractivity contribution in [3.63, 3.8) is 0 Å². The van der Waals surface area contributed by atoms with Gasteiger partial charge >= 0.3 is 0 Å². The second-order valence-electron chi connectivity index (χ2n) is 2.47. The minimum Gasteiger partial charge on any atom is -0.395 e. The molecular weight excluding hydrogens is 200 g/mol. The standard InChI is InChI=1S/C10H12OS2/c1-12-8-10-9(5-7-13-10)4-2-3-6-11/h5,7,11H,3,6,8H2,1H3. The summed E-state index contributed by atoms with van der Waals surface area (Å²) in [5, 5.41) is 10.6. The number of thioether (sulfide) groups is 1. The van der Waals surface area contributed by atoms with Crippen LogP contribution in [0, 0.1) is 11.8 Å². The Morgan fingerprint density at radius 2 is 2.46 bits per heavy atom. The molecule has 13 heavy (non-hydrogen) atoms. The van der Waals surface area contributed by atoms with Crippen molar-refractivity contribution < 1.29 is 5.11 Å². The van der Waals surface area contributed by atoms with Crippen molar-refractivity contribution in [2.45, 2.75) is 12.2 Å². The third-order valence-corrected chi connectivity index (χ3v) is 3.16. The van der Waals surface area contributed by atoms with Crippen molar-refractivity contribution in [1.29, 1.82) is 0 Å². The maximum absolute atomic E-state index is 8.56. The second kappa shape index (κ2) is 6.09. The lowest BCUT2D eigenvalue weighted by atomic mass is 10.2. The van der Waals surface area contributed by atoms with Crippen LogP contribution >= 0.6 is 23.1 Å². The van der Waals surface area contributed by atoms with E-state index in [1.165, 1.54) is 4.88 Å². The molecule has 0 saturated carbocycles. The number of aliphatic hydroxyl groups excluding tert-OH is 1. The minimum atomic E-state index is 0.148. The highest BCUT2D eigenvalue weighted by atomic mass is 32.2. The van der Waals surface area contributed by atoms with Gasteiger partial charge in [-0.15, -0.1) is 11.3 Å². The molecule has 1 N–H and O–H groups in total. The van der Waals surface area contributed by atoms with Gasteiger partial charge in [-0.3, -0.25) is 0 Å². The van der Waals surface area contributed by atoms with Gasteiger partial charge in [-0.1, -0.05) is 11.8 Å². The Morgan fingerprint density at radius 1 is 1.62 bits per heavy atom. The highest BCUT2D eigenvalue weighted by Gasteiger charge is 1.99. The molecule has 70 valence electrons. The van der Waals surface area contributed by atoms with Gasteiger partial charge in [-0.2, -0.15) is 11.8 Å². The van der Waals surface area contributed by atoms with Gasteiger partial charge in [0.25, 0.3) is 0 Å². The van der Waals surface area contributed by atoms with Gasteiger partial charge < -0.3 is 5.11 Å². The number of aliphatic hydroxyl groups is 1. The van der Waals surface area contributed by atoms with Crippen molar-refractivity contribution in [2.75, 3.05) is 12.9 Å². The summed E-state index contributed by atoms with van der Waals surface area (Å²) in [4.78, 5) is 1.33. The van der Waals surface area contributed by atoms with E-state index in [2.05, 4.69) is 23.5 Å². The summed E-state index contributed by atoms with van der Waals surface area (Å²) in [6.07, 6.45) is 2.65. The lowest BCUT2D eigenvalue weighted by molar-refractivity contribution is 0.305. The summed E-state index contributed by atoms with van der Waals surface area (Å²) in [5.74, 6) is 7.03. The van der Waals surface area contributed by atoms with E-state index in [1.807, 2.05) is 6.07 Å². The van der Waals surface area contributed by atoms with E-state index in [0.717, 1.165) is 11.3 Å². The molecule has 0 atom stereocenters. The molecule has 3 heteroatoms. The van der Waals surface area contributed by atoms with Gasteiger partial charge in [-0.25, -0.2) is 0 Å². The number of hydrogen-bond acceptors (Lipinski definition) is 3. The molecule has 0 radical (unpaired) electrons. The van der Waals surface area contributed by atoms with Crippen LogP contribution in [-0.2, 0) is 5.75 Å².